The first kappa shape index (κ1) is 31.4. The Bertz CT molecular complexity index is 1750. The van der Waals surface area contributed by atoms with Crippen LogP contribution >= 0.6 is 0 Å². The number of rotatable bonds is 12. The molecule has 236 valence electrons. The molecule has 0 aliphatic carbocycles. The summed E-state index contributed by atoms with van der Waals surface area (Å²) >= 11 is 0. The van der Waals surface area contributed by atoms with E-state index in [-0.39, 0.29) is 0 Å². The number of aromatic amines is 1. The van der Waals surface area contributed by atoms with Crippen molar-refractivity contribution in [2.45, 2.75) is 90.9 Å². The van der Waals surface area contributed by atoms with Gasteiger partial charge < -0.3 is 15.2 Å². The Balaban J connectivity index is 1.50. The number of allylic oxidation sites excluding steroid dienone is 10. The zero-order valence-electron chi connectivity index (χ0n) is 27.6. The van der Waals surface area contributed by atoms with Crippen molar-refractivity contribution in [1.82, 2.24) is 15.2 Å². The van der Waals surface area contributed by atoms with E-state index in [4.69, 9.17) is 21.4 Å². The van der Waals surface area contributed by atoms with Gasteiger partial charge in [-0.15, -0.1) is 6.42 Å². The van der Waals surface area contributed by atoms with Crippen molar-refractivity contribution in [2.24, 2.45) is 15.0 Å². The summed E-state index contributed by atoms with van der Waals surface area (Å²) in [6.07, 6.45) is 36.7. The van der Waals surface area contributed by atoms with E-state index < -0.39 is 0 Å². The Morgan fingerprint density at radius 2 is 1.26 bits per heavy atom. The molecular weight excluding hydrogens is 564 g/mol. The molecule has 5 aliphatic rings. The summed E-state index contributed by atoms with van der Waals surface area (Å²) in [6, 6.07) is 4.38. The Labute approximate surface area is 274 Å². The molecule has 0 fully saturated rings. The highest BCUT2D eigenvalue weighted by Crippen LogP contribution is 2.35. The molecule has 0 unspecified atom stereocenters. The van der Waals surface area contributed by atoms with Crippen molar-refractivity contribution in [3.8, 4) is 12.3 Å². The summed E-state index contributed by atoms with van der Waals surface area (Å²) in [5, 5.41) is 3.47. The van der Waals surface area contributed by atoms with Gasteiger partial charge in [-0.25, -0.2) is 15.0 Å². The van der Waals surface area contributed by atoms with Crippen LogP contribution < -0.4 is 5.32 Å². The molecule has 0 saturated carbocycles. The summed E-state index contributed by atoms with van der Waals surface area (Å²) in [5.74, 6) is 3.92. The number of hydrogen-bond donors (Lipinski definition) is 2. The van der Waals surface area contributed by atoms with Crippen LogP contribution in [-0.2, 0) is 0 Å². The molecule has 0 spiro atoms. The minimum Gasteiger partial charge on any atom is -0.355 e. The van der Waals surface area contributed by atoms with Crippen LogP contribution in [0.2, 0.25) is 0 Å². The molecule has 8 bridgehead atoms. The van der Waals surface area contributed by atoms with E-state index in [1.165, 1.54) is 56.9 Å². The summed E-state index contributed by atoms with van der Waals surface area (Å²) in [4.78, 5) is 21.5. The standard InChI is InChI=1S/C40H46N6/c1-5-8-10-12-14-16-29-33-20-18-31(42-33)28(7-3)32-19-21-34(43-32)30(17-15-13-11-9-6-2)36-23-25-38(45-36)39(37-24-22-35(29)44-37)40-41-26-27-46(40)4/h3,18-27,41,44H,5-6,8-17H2,1-2,4H3. The first-order valence-electron chi connectivity index (χ1n) is 17.2. The molecule has 6 heteroatoms. The second-order valence-corrected chi connectivity index (χ2v) is 12.5. The highest BCUT2D eigenvalue weighted by Gasteiger charge is 2.26. The minimum absolute atomic E-state index is 0.729. The number of H-pyrrole nitrogens is 1. The maximum Gasteiger partial charge on any atom is 0.121 e. The van der Waals surface area contributed by atoms with Crippen LogP contribution in [0.5, 0.6) is 0 Å². The zero-order valence-corrected chi connectivity index (χ0v) is 27.6. The second-order valence-electron chi connectivity index (χ2n) is 12.5. The number of unbranched alkanes of at least 4 members (excludes halogenated alkanes) is 8. The molecule has 2 N–H and O–H groups in total. The second kappa shape index (κ2) is 14.6. The molecule has 0 atom stereocenters. The molecule has 1 aromatic heterocycles. The van der Waals surface area contributed by atoms with E-state index in [9.17, 15) is 0 Å². The fourth-order valence-electron chi connectivity index (χ4n) is 6.64. The van der Waals surface area contributed by atoms with Gasteiger partial charge in [0, 0.05) is 36.3 Å². The van der Waals surface area contributed by atoms with E-state index in [0.29, 0.717) is 0 Å². The Hall–Kier alpha value is -4.63. The maximum absolute atomic E-state index is 6.14. The number of nitrogens with zero attached hydrogens (tertiary/aromatic N) is 4. The number of fused-ring (bicyclic) bond motifs is 5. The molecule has 5 aliphatic heterocycles. The van der Waals surface area contributed by atoms with E-state index in [0.717, 1.165) is 93.8 Å². The lowest BCUT2D eigenvalue weighted by Gasteiger charge is -2.17. The first-order chi connectivity index (χ1) is 22.6. The van der Waals surface area contributed by atoms with Crippen LogP contribution in [0.25, 0.3) is 11.1 Å². The van der Waals surface area contributed by atoms with Gasteiger partial charge in [-0.05, 0) is 74.3 Å². The lowest BCUT2D eigenvalue weighted by Crippen LogP contribution is -2.19. The van der Waals surface area contributed by atoms with Gasteiger partial charge in [0.25, 0.3) is 0 Å². The van der Waals surface area contributed by atoms with Gasteiger partial charge in [-0.1, -0.05) is 71.1 Å². The monoisotopic (exact) mass is 610 g/mol. The molecule has 6 rings (SSSR count). The summed E-state index contributed by atoms with van der Waals surface area (Å²) in [7, 11) is 2.07. The van der Waals surface area contributed by atoms with E-state index in [1.54, 1.807) is 0 Å². The van der Waals surface area contributed by atoms with Crippen molar-refractivity contribution < 1.29 is 0 Å². The van der Waals surface area contributed by atoms with Gasteiger partial charge in [-0.2, -0.15) is 0 Å². The molecule has 46 heavy (non-hydrogen) atoms. The molecule has 6 nitrogen and oxygen atoms in total. The molecule has 1 aromatic rings. The van der Waals surface area contributed by atoms with Crippen molar-refractivity contribution in [1.29, 1.82) is 0 Å². The number of hydrogen-bond acceptors (Lipinski definition) is 5. The average Bonchev–Trinajstić information content (AvgIpc) is 3.90. The van der Waals surface area contributed by atoms with E-state index >= 15 is 0 Å². The number of aromatic nitrogens is 1. The van der Waals surface area contributed by atoms with Crippen LogP contribution in [0.4, 0.5) is 0 Å². The minimum atomic E-state index is 0.729. The van der Waals surface area contributed by atoms with Crippen molar-refractivity contribution in [3.05, 3.63) is 106 Å². The molecule has 0 aromatic carbocycles. The van der Waals surface area contributed by atoms with Gasteiger partial charge in [0.15, 0.2) is 0 Å². The predicted molar refractivity (Wildman–Crippen MR) is 194 cm³/mol. The van der Waals surface area contributed by atoms with Crippen molar-refractivity contribution in [2.75, 3.05) is 7.05 Å². The van der Waals surface area contributed by atoms with Crippen LogP contribution in [-0.4, -0.2) is 34.1 Å². The van der Waals surface area contributed by atoms with Gasteiger partial charge in [-0.3, -0.25) is 0 Å². The van der Waals surface area contributed by atoms with Crippen LogP contribution in [0.1, 0.15) is 102 Å². The highest BCUT2D eigenvalue weighted by molar-refractivity contribution is 6.31. The summed E-state index contributed by atoms with van der Waals surface area (Å²) < 4.78 is 0. The number of nitrogens with one attached hydrogen (secondary N) is 2. The smallest absolute Gasteiger partial charge is 0.121 e. The quantitative estimate of drug-likeness (QED) is 0.183. The Morgan fingerprint density at radius 3 is 1.96 bits per heavy atom. The molecule has 6 heterocycles. The largest absolute Gasteiger partial charge is 0.355 e. The topological polar surface area (TPSA) is 68.1 Å². The highest BCUT2D eigenvalue weighted by atomic mass is 15.3. The summed E-state index contributed by atoms with van der Waals surface area (Å²) in [6.45, 7) is 4.51. The molecule has 0 amide bonds. The normalized spacial score (nSPS) is 19.9. The molecule has 0 saturated heterocycles. The third-order valence-corrected chi connectivity index (χ3v) is 9.21. The third-order valence-electron chi connectivity index (χ3n) is 9.21. The van der Waals surface area contributed by atoms with E-state index in [1.807, 2.05) is 18.5 Å². The molecular formula is C40H46N6. The van der Waals surface area contributed by atoms with Gasteiger partial charge in [0.1, 0.15) is 5.82 Å². The van der Waals surface area contributed by atoms with Crippen LogP contribution in [0, 0.1) is 12.3 Å². The maximum atomic E-state index is 6.14. The van der Waals surface area contributed by atoms with Crippen LogP contribution in [0.3, 0.4) is 0 Å². The first-order valence-corrected chi connectivity index (χ1v) is 17.2. The number of terminal acetylenes is 1. The van der Waals surface area contributed by atoms with Crippen molar-refractivity contribution in [3.63, 3.8) is 0 Å². The average molecular weight is 611 g/mol. The zero-order chi connectivity index (χ0) is 31.9. The number of aliphatic imine (C=N–C) groups is 3. The SMILES string of the molecule is C#CC1=C2C=CC(=N2)C(CCCCCCC)=C2C=CC(=N2)C(=C2NC=CN2C)c2ccc([nH]2)C(CCCCCCC)=C2C=CC1=N2. The third kappa shape index (κ3) is 6.65. The fraction of sp³-hybridized carbons (Fsp3) is 0.375. The lowest BCUT2D eigenvalue weighted by atomic mass is 10.00. The van der Waals surface area contributed by atoms with Gasteiger partial charge in [0.2, 0.25) is 0 Å². The van der Waals surface area contributed by atoms with Gasteiger partial charge >= 0.3 is 0 Å². The fourth-order valence-corrected chi connectivity index (χ4v) is 6.64. The lowest BCUT2D eigenvalue weighted by molar-refractivity contribution is 0.574. The van der Waals surface area contributed by atoms with Crippen molar-refractivity contribution >= 4 is 28.3 Å². The van der Waals surface area contributed by atoms with Gasteiger partial charge in [0.05, 0.1) is 51.1 Å². The molecule has 0 radical (unpaired) electrons. The predicted octanol–water partition coefficient (Wildman–Crippen LogP) is 9.31. The summed E-state index contributed by atoms with van der Waals surface area (Å²) in [5.41, 5.74) is 11.6. The Kier molecular flexibility index (Phi) is 9.98. The van der Waals surface area contributed by atoms with E-state index in [2.05, 4.69) is 84.5 Å². The Morgan fingerprint density at radius 1 is 0.674 bits per heavy atom. The van der Waals surface area contributed by atoms with Crippen LogP contribution in [0.15, 0.2) is 110 Å².